The van der Waals surface area contributed by atoms with Crippen LogP contribution in [0.5, 0.6) is 5.75 Å². The van der Waals surface area contributed by atoms with Crippen LogP contribution in [0.25, 0.3) is 11.1 Å². The van der Waals surface area contributed by atoms with Crippen molar-refractivity contribution in [3.05, 3.63) is 45.0 Å². The number of nitrogens with one attached hydrogen (secondary N) is 1. The van der Waals surface area contributed by atoms with E-state index in [-0.39, 0.29) is 11.4 Å². The van der Waals surface area contributed by atoms with Gasteiger partial charge in [-0.05, 0) is 24.7 Å². The Morgan fingerprint density at radius 2 is 2.21 bits per heavy atom. The molecule has 0 saturated heterocycles. The smallest absolute Gasteiger partial charge is 0.273 e. The Morgan fingerprint density at radius 1 is 1.47 bits per heavy atom. The highest BCUT2D eigenvalue weighted by Gasteiger charge is 2.14. The van der Waals surface area contributed by atoms with Gasteiger partial charge in [0, 0.05) is 29.1 Å². The van der Waals surface area contributed by atoms with Crippen molar-refractivity contribution < 1.29 is 10.0 Å². The molecule has 2 rings (SSSR count). The SMILES string of the molecule is CCc1[nH]c(=S)ncc1-c1ccc([N+](=O)[O-])cc1O. The van der Waals surface area contributed by atoms with Crippen LogP contribution in [-0.2, 0) is 6.42 Å². The summed E-state index contributed by atoms with van der Waals surface area (Å²) >= 11 is 4.94. The first-order chi connectivity index (χ1) is 9.02. The van der Waals surface area contributed by atoms with Gasteiger partial charge in [-0.3, -0.25) is 10.1 Å². The lowest BCUT2D eigenvalue weighted by Crippen LogP contribution is -1.96. The van der Waals surface area contributed by atoms with Crippen molar-refractivity contribution in [2.45, 2.75) is 13.3 Å². The lowest BCUT2D eigenvalue weighted by atomic mass is 10.0. The van der Waals surface area contributed by atoms with Crippen molar-refractivity contribution >= 4 is 17.9 Å². The minimum absolute atomic E-state index is 0.156. The van der Waals surface area contributed by atoms with Crippen LogP contribution < -0.4 is 0 Å². The number of phenolic OH excluding ortho intramolecular Hbond substituents is 1. The van der Waals surface area contributed by atoms with Crippen molar-refractivity contribution in [3.8, 4) is 16.9 Å². The number of hydrogen-bond donors (Lipinski definition) is 2. The fraction of sp³-hybridized carbons (Fsp3) is 0.167. The number of nitrogens with zero attached hydrogens (tertiary/aromatic N) is 2. The maximum atomic E-state index is 10.6. The molecule has 1 heterocycles. The van der Waals surface area contributed by atoms with Crippen molar-refractivity contribution in [3.63, 3.8) is 0 Å². The second-order valence-corrected chi connectivity index (χ2v) is 4.28. The molecule has 0 unspecified atom stereocenters. The van der Waals surface area contributed by atoms with Crippen LogP contribution in [0.2, 0.25) is 0 Å². The number of aromatic amines is 1. The average molecular weight is 277 g/mol. The van der Waals surface area contributed by atoms with Crippen molar-refractivity contribution in [1.29, 1.82) is 0 Å². The molecule has 0 aliphatic rings. The Bertz CT molecular complexity index is 697. The third-order valence-electron chi connectivity index (χ3n) is 2.73. The molecule has 1 aromatic carbocycles. The number of benzene rings is 1. The molecule has 1 aromatic heterocycles. The fourth-order valence-corrected chi connectivity index (χ4v) is 1.98. The van der Waals surface area contributed by atoms with Gasteiger partial charge in [0.25, 0.3) is 5.69 Å². The summed E-state index contributed by atoms with van der Waals surface area (Å²) in [5.74, 6) is -0.156. The summed E-state index contributed by atoms with van der Waals surface area (Å²) in [5, 5.41) is 20.5. The van der Waals surface area contributed by atoms with E-state index in [1.807, 2.05) is 6.92 Å². The highest BCUT2D eigenvalue weighted by molar-refractivity contribution is 7.71. The van der Waals surface area contributed by atoms with Gasteiger partial charge in [-0.25, -0.2) is 4.98 Å². The van der Waals surface area contributed by atoms with Gasteiger partial charge in [0.2, 0.25) is 0 Å². The van der Waals surface area contributed by atoms with Gasteiger partial charge in [-0.15, -0.1) is 0 Å². The maximum absolute atomic E-state index is 10.6. The summed E-state index contributed by atoms with van der Waals surface area (Å²) in [5.41, 5.74) is 1.84. The number of hydrogen-bond acceptors (Lipinski definition) is 5. The molecular formula is C12H11N3O3S. The van der Waals surface area contributed by atoms with Gasteiger partial charge < -0.3 is 10.1 Å². The molecule has 0 atom stereocenters. The Labute approximate surface area is 113 Å². The zero-order chi connectivity index (χ0) is 14.0. The molecule has 0 radical (unpaired) electrons. The zero-order valence-electron chi connectivity index (χ0n) is 10.1. The maximum Gasteiger partial charge on any atom is 0.273 e. The highest BCUT2D eigenvalue weighted by atomic mass is 32.1. The number of H-pyrrole nitrogens is 1. The van der Waals surface area contributed by atoms with E-state index in [1.165, 1.54) is 12.1 Å². The van der Waals surface area contributed by atoms with Crippen LogP contribution in [0.4, 0.5) is 5.69 Å². The molecule has 0 fully saturated rings. The van der Waals surface area contributed by atoms with Crippen molar-refractivity contribution in [1.82, 2.24) is 9.97 Å². The first kappa shape index (κ1) is 13.2. The van der Waals surface area contributed by atoms with Gasteiger partial charge in [0.05, 0.1) is 11.0 Å². The van der Waals surface area contributed by atoms with Gasteiger partial charge in [0.15, 0.2) is 4.77 Å². The quantitative estimate of drug-likeness (QED) is 0.511. The number of nitro groups is 1. The van der Waals surface area contributed by atoms with E-state index >= 15 is 0 Å². The second-order valence-electron chi connectivity index (χ2n) is 3.89. The van der Waals surface area contributed by atoms with Gasteiger partial charge >= 0.3 is 0 Å². The average Bonchev–Trinajstić information content (AvgIpc) is 2.38. The molecule has 7 heteroatoms. The van der Waals surface area contributed by atoms with E-state index in [9.17, 15) is 15.2 Å². The topological polar surface area (TPSA) is 92.0 Å². The number of rotatable bonds is 3. The third kappa shape index (κ3) is 2.60. The van der Waals surface area contributed by atoms with Crippen molar-refractivity contribution in [2.24, 2.45) is 0 Å². The lowest BCUT2D eigenvalue weighted by molar-refractivity contribution is -0.384. The van der Waals surface area contributed by atoms with E-state index < -0.39 is 4.92 Å². The summed E-state index contributed by atoms with van der Waals surface area (Å²) < 4.78 is 0.363. The first-order valence-corrected chi connectivity index (χ1v) is 5.99. The molecule has 0 spiro atoms. The van der Waals surface area contributed by atoms with Crippen molar-refractivity contribution in [2.75, 3.05) is 0 Å². The van der Waals surface area contributed by atoms with Gasteiger partial charge in [0.1, 0.15) is 5.75 Å². The number of phenols is 1. The summed E-state index contributed by atoms with van der Waals surface area (Å²) in [6.45, 7) is 1.94. The normalized spacial score (nSPS) is 10.4. The lowest BCUT2D eigenvalue weighted by Gasteiger charge is -2.09. The summed E-state index contributed by atoms with van der Waals surface area (Å²) in [6, 6.07) is 3.97. The van der Waals surface area contributed by atoms with Crippen LogP contribution in [0.15, 0.2) is 24.4 Å². The molecule has 0 aliphatic carbocycles. The van der Waals surface area contributed by atoms with Crippen LogP contribution >= 0.6 is 12.2 Å². The molecule has 0 saturated carbocycles. The van der Waals surface area contributed by atoms with E-state index in [2.05, 4.69) is 9.97 Å². The van der Waals surface area contributed by atoms with Gasteiger partial charge in [-0.1, -0.05) is 6.92 Å². The highest BCUT2D eigenvalue weighted by Crippen LogP contribution is 2.33. The Balaban J connectivity index is 2.59. The summed E-state index contributed by atoms with van der Waals surface area (Å²) in [6.07, 6.45) is 2.23. The molecule has 2 N–H and O–H groups in total. The van der Waals surface area contributed by atoms with E-state index in [4.69, 9.17) is 12.2 Å². The molecule has 98 valence electrons. The molecular weight excluding hydrogens is 266 g/mol. The van der Waals surface area contributed by atoms with E-state index in [0.29, 0.717) is 22.3 Å². The largest absolute Gasteiger partial charge is 0.507 e. The Kier molecular flexibility index (Phi) is 3.57. The molecule has 19 heavy (non-hydrogen) atoms. The number of aromatic hydroxyl groups is 1. The second kappa shape index (κ2) is 5.15. The molecule has 0 bridgehead atoms. The number of aromatic nitrogens is 2. The summed E-state index contributed by atoms with van der Waals surface area (Å²) in [4.78, 5) is 17.0. The zero-order valence-corrected chi connectivity index (χ0v) is 10.9. The Hall–Kier alpha value is -2.28. The molecule has 0 amide bonds. The first-order valence-electron chi connectivity index (χ1n) is 5.59. The predicted octanol–water partition coefficient (Wildman–Crippen LogP) is 2.98. The third-order valence-corrected chi connectivity index (χ3v) is 2.94. The number of aryl methyl sites for hydroxylation is 1. The molecule has 6 nitrogen and oxygen atoms in total. The predicted molar refractivity (Wildman–Crippen MR) is 72.6 cm³/mol. The number of nitro benzene ring substituents is 1. The standard InChI is InChI=1S/C12H11N3O3S/c1-2-10-9(6-13-12(19)14-10)8-4-3-7(15(17)18)5-11(8)16/h3-6,16H,2H2,1H3,(H,13,14,19). The summed E-state index contributed by atoms with van der Waals surface area (Å²) in [7, 11) is 0. The fourth-order valence-electron chi connectivity index (χ4n) is 1.80. The van der Waals surface area contributed by atoms with Crippen LogP contribution in [-0.4, -0.2) is 20.0 Å². The van der Waals surface area contributed by atoms with Crippen LogP contribution in [0.1, 0.15) is 12.6 Å². The van der Waals surface area contributed by atoms with Gasteiger partial charge in [-0.2, -0.15) is 0 Å². The monoisotopic (exact) mass is 277 g/mol. The van der Waals surface area contributed by atoms with Crippen LogP contribution in [0, 0.1) is 14.9 Å². The Morgan fingerprint density at radius 3 is 2.79 bits per heavy atom. The molecule has 2 aromatic rings. The minimum Gasteiger partial charge on any atom is -0.507 e. The minimum atomic E-state index is -0.555. The molecule has 0 aliphatic heterocycles. The van der Waals surface area contributed by atoms with E-state index in [0.717, 1.165) is 11.8 Å². The van der Waals surface area contributed by atoms with Crippen LogP contribution in [0.3, 0.4) is 0 Å². The number of non-ortho nitro benzene ring substituents is 1. The van der Waals surface area contributed by atoms with E-state index in [1.54, 1.807) is 6.20 Å².